The molecule has 17 heavy (non-hydrogen) atoms. The number of rotatable bonds is 4. The minimum atomic E-state index is 0.386. The zero-order valence-corrected chi connectivity index (χ0v) is 10.6. The van der Waals surface area contributed by atoms with Gasteiger partial charge in [0.05, 0.1) is 5.69 Å². The monoisotopic (exact) mass is 229 g/mol. The maximum Gasteiger partial charge on any atom is 0.0685 e. The molecule has 1 N–H and O–H groups in total. The van der Waals surface area contributed by atoms with Crippen molar-refractivity contribution in [3.8, 4) is 11.3 Å². The molecule has 0 saturated heterocycles. The van der Waals surface area contributed by atoms with E-state index in [1.165, 1.54) is 16.8 Å². The van der Waals surface area contributed by atoms with Gasteiger partial charge in [0.25, 0.3) is 0 Å². The zero-order chi connectivity index (χ0) is 12.3. The van der Waals surface area contributed by atoms with Crippen LogP contribution in [-0.4, -0.2) is 16.8 Å². The summed E-state index contributed by atoms with van der Waals surface area (Å²) in [7, 11) is 1.96. The lowest BCUT2D eigenvalue weighted by molar-refractivity contribution is 0.538. The summed E-state index contributed by atoms with van der Waals surface area (Å²) in [6.07, 6.45) is 1.86. The van der Waals surface area contributed by atoms with Crippen molar-refractivity contribution >= 4 is 0 Å². The number of hydrogen-bond acceptors (Lipinski definition) is 2. The second kappa shape index (κ2) is 5.15. The summed E-state index contributed by atoms with van der Waals surface area (Å²) in [5.74, 6) is 0. The third kappa shape index (κ3) is 2.56. The Bertz CT molecular complexity index is 468. The second-order valence-corrected chi connectivity index (χ2v) is 4.48. The van der Waals surface area contributed by atoms with Crippen LogP contribution in [0, 0.1) is 0 Å². The Morgan fingerprint density at radius 1 is 1.18 bits per heavy atom. The van der Waals surface area contributed by atoms with Crippen molar-refractivity contribution in [1.29, 1.82) is 0 Å². The highest BCUT2D eigenvalue weighted by molar-refractivity contribution is 5.59. The number of nitrogens with zero attached hydrogens (tertiary/aromatic N) is 2. The van der Waals surface area contributed by atoms with Gasteiger partial charge in [0.1, 0.15) is 0 Å². The molecule has 0 atom stereocenters. The average molecular weight is 229 g/mol. The topological polar surface area (TPSA) is 29.9 Å². The normalized spacial score (nSPS) is 11.1. The largest absolute Gasteiger partial charge is 0.316 e. The van der Waals surface area contributed by atoms with E-state index in [1.54, 1.807) is 0 Å². The molecule has 0 saturated carbocycles. The average Bonchev–Trinajstić information content (AvgIpc) is 2.79. The van der Waals surface area contributed by atoms with Gasteiger partial charge in [-0.05, 0) is 38.1 Å². The van der Waals surface area contributed by atoms with E-state index in [0.29, 0.717) is 6.04 Å². The molecule has 1 aromatic carbocycles. The van der Waals surface area contributed by atoms with E-state index in [-0.39, 0.29) is 0 Å². The molecule has 0 unspecified atom stereocenters. The minimum absolute atomic E-state index is 0.386. The van der Waals surface area contributed by atoms with Crippen molar-refractivity contribution in [2.45, 2.75) is 26.4 Å². The van der Waals surface area contributed by atoms with Gasteiger partial charge in [0.2, 0.25) is 0 Å². The second-order valence-electron chi connectivity index (χ2n) is 4.48. The van der Waals surface area contributed by atoms with E-state index in [9.17, 15) is 0 Å². The van der Waals surface area contributed by atoms with Crippen molar-refractivity contribution in [2.24, 2.45) is 0 Å². The van der Waals surface area contributed by atoms with Gasteiger partial charge in [0.15, 0.2) is 0 Å². The molecule has 3 nitrogen and oxygen atoms in total. The van der Waals surface area contributed by atoms with Gasteiger partial charge < -0.3 is 5.32 Å². The van der Waals surface area contributed by atoms with E-state index in [1.807, 2.05) is 17.9 Å². The third-order valence-electron chi connectivity index (χ3n) is 2.79. The molecule has 0 aliphatic heterocycles. The smallest absolute Gasteiger partial charge is 0.0685 e. The summed E-state index contributed by atoms with van der Waals surface area (Å²) < 4.78 is 2.05. The maximum atomic E-state index is 4.36. The molecule has 0 fully saturated rings. The molecular weight excluding hydrogens is 210 g/mol. The SMILES string of the molecule is CNCc1ccc(-c2ccnn2C(C)C)cc1. The molecule has 3 heteroatoms. The molecule has 0 bridgehead atoms. The van der Waals surface area contributed by atoms with Gasteiger partial charge in [0, 0.05) is 18.8 Å². The molecule has 0 radical (unpaired) electrons. The van der Waals surface area contributed by atoms with Crippen LogP contribution in [0.3, 0.4) is 0 Å². The van der Waals surface area contributed by atoms with Crippen LogP contribution >= 0.6 is 0 Å². The highest BCUT2D eigenvalue weighted by Crippen LogP contribution is 2.22. The first kappa shape index (κ1) is 11.9. The van der Waals surface area contributed by atoms with Crippen LogP contribution in [0.25, 0.3) is 11.3 Å². The number of aromatic nitrogens is 2. The van der Waals surface area contributed by atoms with Gasteiger partial charge in [-0.2, -0.15) is 5.10 Å². The Balaban J connectivity index is 2.30. The van der Waals surface area contributed by atoms with Crippen LogP contribution in [0.4, 0.5) is 0 Å². The summed E-state index contributed by atoms with van der Waals surface area (Å²) in [6, 6.07) is 11.1. The Labute approximate surface area is 102 Å². The number of benzene rings is 1. The van der Waals surface area contributed by atoms with E-state index in [2.05, 4.69) is 54.6 Å². The van der Waals surface area contributed by atoms with Gasteiger partial charge >= 0.3 is 0 Å². The van der Waals surface area contributed by atoms with Crippen molar-refractivity contribution < 1.29 is 0 Å². The fourth-order valence-corrected chi connectivity index (χ4v) is 1.95. The van der Waals surface area contributed by atoms with Crippen molar-refractivity contribution in [3.63, 3.8) is 0 Å². The third-order valence-corrected chi connectivity index (χ3v) is 2.79. The van der Waals surface area contributed by atoms with Gasteiger partial charge in [-0.1, -0.05) is 24.3 Å². The van der Waals surface area contributed by atoms with Crippen molar-refractivity contribution in [2.75, 3.05) is 7.05 Å². The van der Waals surface area contributed by atoms with Crippen LogP contribution < -0.4 is 5.32 Å². The van der Waals surface area contributed by atoms with E-state index < -0.39 is 0 Å². The molecule has 2 aromatic rings. The first-order valence-electron chi connectivity index (χ1n) is 6.00. The van der Waals surface area contributed by atoms with Gasteiger partial charge in [-0.25, -0.2) is 0 Å². The zero-order valence-electron chi connectivity index (χ0n) is 10.6. The fraction of sp³-hybridized carbons (Fsp3) is 0.357. The molecule has 0 spiro atoms. The van der Waals surface area contributed by atoms with Crippen LogP contribution in [-0.2, 0) is 6.54 Å². The minimum Gasteiger partial charge on any atom is -0.316 e. The van der Waals surface area contributed by atoms with E-state index in [4.69, 9.17) is 0 Å². The summed E-state index contributed by atoms with van der Waals surface area (Å²) in [6.45, 7) is 5.20. The van der Waals surface area contributed by atoms with Crippen molar-refractivity contribution in [1.82, 2.24) is 15.1 Å². The number of hydrogen-bond donors (Lipinski definition) is 1. The lowest BCUT2D eigenvalue weighted by Crippen LogP contribution is -2.06. The lowest BCUT2D eigenvalue weighted by Gasteiger charge is -2.11. The molecule has 1 aromatic heterocycles. The molecule has 0 aliphatic carbocycles. The Kier molecular flexibility index (Phi) is 3.59. The van der Waals surface area contributed by atoms with E-state index >= 15 is 0 Å². The predicted molar refractivity (Wildman–Crippen MR) is 70.8 cm³/mol. The molecule has 90 valence electrons. The Hall–Kier alpha value is -1.61. The molecule has 2 rings (SSSR count). The molecule has 0 aliphatic rings. The number of nitrogens with one attached hydrogen (secondary N) is 1. The molecular formula is C14H19N3. The molecule has 1 heterocycles. The van der Waals surface area contributed by atoms with Crippen LogP contribution in [0.5, 0.6) is 0 Å². The van der Waals surface area contributed by atoms with Crippen molar-refractivity contribution in [3.05, 3.63) is 42.1 Å². The lowest BCUT2D eigenvalue weighted by atomic mass is 10.1. The molecule has 0 amide bonds. The van der Waals surface area contributed by atoms with Gasteiger partial charge in [-0.3, -0.25) is 4.68 Å². The Morgan fingerprint density at radius 3 is 2.47 bits per heavy atom. The highest BCUT2D eigenvalue weighted by Gasteiger charge is 2.07. The maximum absolute atomic E-state index is 4.36. The van der Waals surface area contributed by atoms with Crippen LogP contribution in [0.2, 0.25) is 0 Å². The summed E-state index contributed by atoms with van der Waals surface area (Å²) in [5, 5.41) is 7.51. The van der Waals surface area contributed by atoms with Gasteiger partial charge in [-0.15, -0.1) is 0 Å². The first-order valence-corrected chi connectivity index (χ1v) is 6.00. The van der Waals surface area contributed by atoms with E-state index in [0.717, 1.165) is 6.54 Å². The standard InChI is InChI=1S/C14H19N3/c1-11(2)17-14(8-9-16-17)13-6-4-12(5-7-13)10-15-3/h4-9,11,15H,10H2,1-3H3. The van der Waals surface area contributed by atoms with Crippen LogP contribution in [0.1, 0.15) is 25.5 Å². The quantitative estimate of drug-likeness (QED) is 0.873. The Morgan fingerprint density at radius 2 is 1.88 bits per heavy atom. The fourth-order valence-electron chi connectivity index (χ4n) is 1.95. The van der Waals surface area contributed by atoms with Crippen LogP contribution in [0.15, 0.2) is 36.5 Å². The summed E-state index contributed by atoms with van der Waals surface area (Å²) >= 11 is 0. The summed E-state index contributed by atoms with van der Waals surface area (Å²) in [5.41, 5.74) is 3.69. The summed E-state index contributed by atoms with van der Waals surface area (Å²) in [4.78, 5) is 0. The highest BCUT2D eigenvalue weighted by atomic mass is 15.3. The first-order chi connectivity index (χ1) is 8.22. The predicted octanol–water partition coefficient (Wildman–Crippen LogP) is 2.85.